The highest BCUT2D eigenvalue weighted by Crippen LogP contribution is 2.12. The van der Waals surface area contributed by atoms with E-state index in [9.17, 15) is 9.59 Å². The van der Waals surface area contributed by atoms with E-state index in [2.05, 4.69) is 5.32 Å². The quantitative estimate of drug-likeness (QED) is 0.823. The lowest BCUT2D eigenvalue weighted by atomic mass is 9.94. The van der Waals surface area contributed by atoms with Gasteiger partial charge in [-0.25, -0.2) is 4.79 Å². The topological polar surface area (TPSA) is 55.4 Å². The zero-order chi connectivity index (χ0) is 14.5. The van der Waals surface area contributed by atoms with Gasteiger partial charge in [0.05, 0.1) is 6.04 Å². The molecule has 4 nitrogen and oxygen atoms in total. The van der Waals surface area contributed by atoms with Gasteiger partial charge in [0.25, 0.3) is 0 Å². The number of hydrogen-bond donors (Lipinski definition) is 1. The van der Waals surface area contributed by atoms with E-state index in [1.54, 1.807) is 20.8 Å². The van der Waals surface area contributed by atoms with Crippen LogP contribution in [0.25, 0.3) is 0 Å². The van der Waals surface area contributed by atoms with E-state index in [4.69, 9.17) is 4.74 Å². The lowest BCUT2D eigenvalue weighted by Gasteiger charge is -2.24. The average molecular weight is 257 g/mol. The second-order valence-electron chi connectivity index (χ2n) is 6.39. The molecule has 4 heteroatoms. The Morgan fingerprint density at radius 3 is 1.94 bits per heavy atom. The Balaban J connectivity index is 4.60. The van der Waals surface area contributed by atoms with Crippen LogP contribution in [-0.2, 0) is 9.53 Å². The monoisotopic (exact) mass is 257 g/mol. The number of amides is 1. The number of carbonyl (C=O) groups excluding carboxylic acids is 2. The predicted octanol–water partition coefficient (Wildman–Crippen LogP) is 3.15. The van der Waals surface area contributed by atoms with Crippen molar-refractivity contribution in [3.63, 3.8) is 0 Å². The first-order valence-corrected chi connectivity index (χ1v) is 6.56. The number of nitrogens with one attached hydrogen (secondary N) is 1. The van der Waals surface area contributed by atoms with Crippen LogP contribution in [0.1, 0.15) is 54.9 Å². The van der Waals surface area contributed by atoms with E-state index >= 15 is 0 Å². The van der Waals surface area contributed by atoms with Crippen LogP contribution >= 0.6 is 0 Å². The van der Waals surface area contributed by atoms with Crippen molar-refractivity contribution >= 4 is 11.9 Å². The Morgan fingerprint density at radius 1 is 1.11 bits per heavy atom. The van der Waals surface area contributed by atoms with Crippen molar-refractivity contribution in [2.45, 2.75) is 66.5 Å². The molecule has 106 valence electrons. The van der Waals surface area contributed by atoms with Gasteiger partial charge in [-0.2, -0.15) is 0 Å². The SMILES string of the molecule is CC(C)CC(NC(=O)OC(C)(C)C)C(=O)C(C)C. The van der Waals surface area contributed by atoms with Crippen LogP contribution in [0.3, 0.4) is 0 Å². The van der Waals surface area contributed by atoms with Gasteiger partial charge in [0.1, 0.15) is 5.60 Å². The molecule has 0 bridgehead atoms. The van der Waals surface area contributed by atoms with Crippen LogP contribution < -0.4 is 5.32 Å². The molecule has 18 heavy (non-hydrogen) atoms. The Hall–Kier alpha value is -1.06. The molecule has 0 radical (unpaired) electrons. The van der Waals surface area contributed by atoms with Gasteiger partial charge in [-0.1, -0.05) is 27.7 Å². The van der Waals surface area contributed by atoms with Gasteiger partial charge < -0.3 is 10.1 Å². The molecule has 1 unspecified atom stereocenters. The summed E-state index contributed by atoms with van der Waals surface area (Å²) in [6, 6.07) is -0.458. The lowest BCUT2D eigenvalue weighted by Crippen LogP contribution is -2.45. The van der Waals surface area contributed by atoms with Crippen molar-refractivity contribution in [3.05, 3.63) is 0 Å². The molecule has 1 amide bonds. The molecule has 0 fully saturated rings. The van der Waals surface area contributed by atoms with Gasteiger partial charge in [-0.05, 0) is 33.1 Å². The summed E-state index contributed by atoms with van der Waals surface area (Å²) in [4.78, 5) is 23.7. The fraction of sp³-hybridized carbons (Fsp3) is 0.857. The van der Waals surface area contributed by atoms with Crippen molar-refractivity contribution in [1.29, 1.82) is 0 Å². The maximum atomic E-state index is 12.0. The highest BCUT2D eigenvalue weighted by atomic mass is 16.6. The van der Waals surface area contributed by atoms with Crippen LogP contribution in [0, 0.1) is 11.8 Å². The number of carbonyl (C=O) groups is 2. The second kappa shape index (κ2) is 6.76. The van der Waals surface area contributed by atoms with Gasteiger partial charge in [-0.15, -0.1) is 0 Å². The fourth-order valence-electron chi connectivity index (χ4n) is 1.57. The molecular formula is C14H27NO3. The molecule has 0 aliphatic rings. The van der Waals surface area contributed by atoms with E-state index in [-0.39, 0.29) is 11.7 Å². The van der Waals surface area contributed by atoms with Gasteiger partial charge in [0.2, 0.25) is 0 Å². The molecule has 0 aromatic carbocycles. The molecule has 0 rings (SSSR count). The summed E-state index contributed by atoms with van der Waals surface area (Å²) in [5.74, 6) is 0.297. The molecule has 0 heterocycles. The van der Waals surface area contributed by atoms with Crippen molar-refractivity contribution in [1.82, 2.24) is 5.32 Å². The maximum Gasteiger partial charge on any atom is 0.408 e. The van der Waals surface area contributed by atoms with Crippen LogP contribution in [0.2, 0.25) is 0 Å². The standard InChI is InChI=1S/C14H27NO3/c1-9(2)8-11(12(16)10(3)4)15-13(17)18-14(5,6)7/h9-11H,8H2,1-7H3,(H,15,17). The molecule has 0 saturated carbocycles. The summed E-state index contributed by atoms with van der Waals surface area (Å²) in [5, 5.41) is 2.68. The number of alkyl carbamates (subject to hydrolysis) is 1. The molecule has 0 saturated heterocycles. The third kappa shape index (κ3) is 7.30. The van der Waals surface area contributed by atoms with Crippen molar-refractivity contribution < 1.29 is 14.3 Å². The minimum Gasteiger partial charge on any atom is -0.444 e. The summed E-state index contributed by atoms with van der Waals surface area (Å²) >= 11 is 0. The second-order valence-corrected chi connectivity index (χ2v) is 6.39. The summed E-state index contributed by atoms with van der Waals surface area (Å²) in [7, 11) is 0. The Kier molecular flexibility index (Phi) is 6.36. The molecule has 0 aliphatic carbocycles. The molecule has 0 aliphatic heterocycles. The normalized spacial score (nSPS) is 13.6. The van der Waals surface area contributed by atoms with Crippen LogP contribution in [0.5, 0.6) is 0 Å². The number of rotatable bonds is 5. The smallest absolute Gasteiger partial charge is 0.408 e. The van der Waals surface area contributed by atoms with Gasteiger partial charge in [0, 0.05) is 5.92 Å². The van der Waals surface area contributed by atoms with E-state index in [1.807, 2.05) is 27.7 Å². The molecule has 1 N–H and O–H groups in total. The summed E-state index contributed by atoms with van der Waals surface area (Å²) in [6.07, 6.45) is 0.109. The maximum absolute atomic E-state index is 12.0. The molecule has 0 aromatic heterocycles. The Labute approximate surface area is 110 Å². The van der Waals surface area contributed by atoms with Crippen LogP contribution in [0.4, 0.5) is 4.79 Å². The predicted molar refractivity (Wildman–Crippen MR) is 72.5 cm³/mol. The fourth-order valence-corrected chi connectivity index (χ4v) is 1.57. The number of Topliss-reactive ketones (excluding diaryl/α,β-unsaturated/α-hetero) is 1. The first-order valence-electron chi connectivity index (χ1n) is 6.56. The lowest BCUT2D eigenvalue weighted by molar-refractivity contribution is -0.124. The van der Waals surface area contributed by atoms with Crippen molar-refractivity contribution in [2.24, 2.45) is 11.8 Å². The van der Waals surface area contributed by atoms with E-state index in [0.29, 0.717) is 12.3 Å². The first-order chi connectivity index (χ1) is 8.03. The summed E-state index contributed by atoms with van der Waals surface area (Å²) in [6.45, 7) is 13.1. The third-order valence-corrected chi connectivity index (χ3v) is 2.31. The van der Waals surface area contributed by atoms with Gasteiger partial charge >= 0.3 is 6.09 Å². The average Bonchev–Trinajstić information content (AvgIpc) is 2.11. The summed E-state index contributed by atoms with van der Waals surface area (Å²) < 4.78 is 5.18. The number of ketones is 1. The van der Waals surface area contributed by atoms with Crippen molar-refractivity contribution in [2.75, 3.05) is 0 Å². The summed E-state index contributed by atoms with van der Waals surface area (Å²) in [5.41, 5.74) is -0.548. The zero-order valence-electron chi connectivity index (χ0n) is 12.7. The first kappa shape index (κ1) is 16.9. The Bertz CT molecular complexity index is 290. The molecular weight excluding hydrogens is 230 g/mol. The number of ether oxygens (including phenoxy) is 1. The third-order valence-electron chi connectivity index (χ3n) is 2.31. The minimum atomic E-state index is -0.548. The Morgan fingerprint density at radius 2 is 1.61 bits per heavy atom. The number of hydrogen-bond acceptors (Lipinski definition) is 3. The van der Waals surface area contributed by atoms with Gasteiger partial charge in [0.15, 0.2) is 5.78 Å². The van der Waals surface area contributed by atoms with Gasteiger partial charge in [-0.3, -0.25) is 4.79 Å². The van der Waals surface area contributed by atoms with E-state index in [1.165, 1.54) is 0 Å². The molecule has 1 atom stereocenters. The van der Waals surface area contributed by atoms with Crippen LogP contribution in [0.15, 0.2) is 0 Å². The molecule has 0 spiro atoms. The highest BCUT2D eigenvalue weighted by molar-refractivity contribution is 5.88. The van der Waals surface area contributed by atoms with Crippen LogP contribution in [-0.4, -0.2) is 23.5 Å². The zero-order valence-corrected chi connectivity index (χ0v) is 12.7. The molecule has 0 aromatic rings. The minimum absolute atomic E-state index is 0.0505. The largest absolute Gasteiger partial charge is 0.444 e. The highest BCUT2D eigenvalue weighted by Gasteiger charge is 2.26. The van der Waals surface area contributed by atoms with E-state index in [0.717, 1.165) is 0 Å². The van der Waals surface area contributed by atoms with E-state index < -0.39 is 17.7 Å². The van der Waals surface area contributed by atoms with Crippen molar-refractivity contribution in [3.8, 4) is 0 Å².